The monoisotopic (exact) mass is 359 g/mol. The molecule has 2 aliphatic rings. The van der Waals surface area contributed by atoms with Crippen LogP contribution in [0, 0.1) is 0 Å². The minimum Gasteiger partial charge on any atom is -0.399 e. The van der Waals surface area contributed by atoms with Gasteiger partial charge in [-0.3, -0.25) is 9.69 Å². The molecule has 0 radical (unpaired) electrons. The van der Waals surface area contributed by atoms with Crippen molar-refractivity contribution in [2.24, 2.45) is 0 Å². The predicted octanol–water partition coefficient (Wildman–Crippen LogP) is 2.50. The van der Waals surface area contributed by atoms with Gasteiger partial charge in [0.15, 0.2) is 0 Å². The zero-order valence-corrected chi connectivity index (χ0v) is 16.5. The minimum atomic E-state index is 0.192. The Balaban J connectivity index is 1.50. The number of likely N-dealkylation sites (tertiary alicyclic amines) is 1. The number of fused-ring (bicyclic) bond motifs is 1. The molecule has 0 spiro atoms. The molecule has 1 fully saturated rings. The van der Waals surface area contributed by atoms with E-state index in [4.69, 9.17) is 5.73 Å². The summed E-state index contributed by atoms with van der Waals surface area (Å²) in [5.74, 6) is 0.192. The molecule has 2 heterocycles. The lowest BCUT2D eigenvalue weighted by atomic mass is 10.0. The van der Waals surface area contributed by atoms with Crippen molar-refractivity contribution in [2.45, 2.75) is 38.5 Å². The van der Waals surface area contributed by atoms with Crippen LogP contribution >= 0.6 is 0 Å². The molecular weight excluding hydrogens is 324 g/mol. The van der Waals surface area contributed by atoms with Crippen LogP contribution in [0.1, 0.15) is 37.7 Å². The van der Waals surface area contributed by atoms with Crippen LogP contribution in [0.3, 0.4) is 0 Å². The zero-order valence-electron chi connectivity index (χ0n) is 16.5. The van der Waals surface area contributed by atoms with Gasteiger partial charge in [0.25, 0.3) is 0 Å². The summed E-state index contributed by atoms with van der Waals surface area (Å²) in [6.07, 6.45) is 7.34. The van der Waals surface area contributed by atoms with Gasteiger partial charge in [-0.05, 0) is 56.8 Å². The molecule has 1 amide bonds. The van der Waals surface area contributed by atoms with Gasteiger partial charge in [0, 0.05) is 30.9 Å². The van der Waals surface area contributed by atoms with Gasteiger partial charge in [0.2, 0.25) is 5.91 Å². The van der Waals surface area contributed by atoms with Crippen molar-refractivity contribution in [1.82, 2.24) is 4.90 Å². The number of rotatable bonds is 6. The summed E-state index contributed by atoms with van der Waals surface area (Å²) in [5, 5.41) is 0. The Kier molecular flexibility index (Phi) is 6.20. The number of piperidine rings is 1. The number of likely N-dealkylation sites (N-methyl/N-ethyl adjacent to an activating group) is 1. The lowest BCUT2D eigenvalue weighted by Crippen LogP contribution is -2.49. The van der Waals surface area contributed by atoms with Crippen molar-refractivity contribution in [1.29, 1.82) is 0 Å². The second-order valence-corrected chi connectivity index (χ2v) is 8.48. The number of nitrogen functional groups attached to an aromatic ring is 1. The highest BCUT2D eigenvalue weighted by Gasteiger charge is 2.25. The fraction of sp³-hybridized carbons (Fsp3) is 0.667. The molecule has 5 heteroatoms. The highest BCUT2D eigenvalue weighted by Crippen LogP contribution is 2.29. The molecular formula is C21H35N4O+. The standard InChI is InChI=1S/C21H35N4O/c1-23(11-7-15-25(2)13-4-3-5-14-25)17-21(26)24-12-6-8-18-9-10-19(22)16-20(18)24/h9-10,16H,3-8,11-15,17,22H2,1-2H3/q+1. The number of nitrogens with two attached hydrogens (primary N) is 1. The topological polar surface area (TPSA) is 49.6 Å². The summed E-state index contributed by atoms with van der Waals surface area (Å²) in [6.45, 7) is 6.12. The van der Waals surface area contributed by atoms with Gasteiger partial charge in [-0.2, -0.15) is 0 Å². The van der Waals surface area contributed by atoms with Crippen LogP contribution in [-0.2, 0) is 11.2 Å². The third kappa shape index (κ3) is 4.77. The molecule has 26 heavy (non-hydrogen) atoms. The molecule has 2 aliphatic heterocycles. The number of carbonyl (C=O) groups is 1. The molecule has 1 aromatic carbocycles. The van der Waals surface area contributed by atoms with Crippen LogP contribution < -0.4 is 10.6 Å². The second-order valence-electron chi connectivity index (χ2n) is 8.48. The highest BCUT2D eigenvalue weighted by molar-refractivity contribution is 5.96. The van der Waals surface area contributed by atoms with E-state index < -0.39 is 0 Å². The summed E-state index contributed by atoms with van der Waals surface area (Å²) in [5.41, 5.74) is 8.93. The van der Waals surface area contributed by atoms with Crippen molar-refractivity contribution in [3.63, 3.8) is 0 Å². The summed E-state index contributed by atoms with van der Waals surface area (Å²) >= 11 is 0. The second kappa shape index (κ2) is 8.40. The van der Waals surface area contributed by atoms with Crippen LogP contribution in [0.25, 0.3) is 0 Å². The maximum atomic E-state index is 12.8. The molecule has 0 bridgehead atoms. The van der Waals surface area contributed by atoms with E-state index in [1.165, 1.54) is 48.9 Å². The number of quaternary nitrogens is 1. The quantitative estimate of drug-likeness (QED) is 0.627. The van der Waals surface area contributed by atoms with E-state index in [2.05, 4.69) is 25.1 Å². The number of carbonyl (C=O) groups excluding carboxylic acids is 1. The molecule has 1 saturated heterocycles. The van der Waals surface area contributed by atoms with Gasteiger partial charge in [0.1, 0.15) is 0 Å². The fourth-order valence-electron chi connectivity index (χ4n) is 4.47. The highest BCUT2D eigenvalue weighted by atomic mass is 16.2. The Hall–Kier alpha value is -1.59. The zero-order chi connectivity index (χ0) is 18.6. The molecule has 144 valence electrons. The first kappa shape index (κ1) is 19.2. The first-order valence-corrected chi connectivity index (χ1v) is 10.2. The molecule has 2 N–H and O–H groups in total. The van der Waals surface area contributed by atoms with E-state index in [9.17, 15) is 4.79 Å². The largest absolute Gasteiger partial charge is 0.399 e. The number of hydrogen-bond donors (Lipinski definition) is 1. The Bertz CT molecular complexity index is 624. The Morgan fingerprint density at radius 1 is 1.23 bits per heavy atom. The van der Waals surface area contributed by atoms with E-state index in [0.717, 1.165) is 43.7 Å². The Morgan fingerprint density at radius 2 is 2.00 bits per heavy atom. The molecule has 1 aromatic rings. The number of nitrogens with zero attached hydrogens (tertiary/aromatic N) is 3. The molecule has 0 unspecified atom stereocenters. The van der Waals surface area contributed by atoms with Gasteiger partial charge < -0.3 is 15.1 Å². The average molecular weight is 360 g/mol. The summed E-state index contributed by atoms with van der Waals surface area (Å²) < 4.78 is 1.21. The Labute approximate surface area is 158 Å². The number of anilines is 2. The van der Waals surface area contributed by atoms with E-state index in [-0.39, 0.29) is 5.91 Å². The first-order valence-electron chi connectivity index (χ1n) is 10.2. The normalized spacial score (nSPS) is 19.4. The Morgan fingerprint density at radius 3 is 2.77 bits per heavy atom. The fourth-order valence-corrected chi connectivity index (χ4v) is 4.47. The van der Waals surface area contributed by atoms with Gasteiger partial charge in [-0.15, -0.1) is 0 Å². The molecule has 5 nitrogen and oxygen atoms in total. The number of aryl methyl sites for hydroxylation is 1. The molecule has 0 aliphatic carbocycles. The summed E-state index contributed by atoms with van der Waals surface area (Å²) in [7, 11) is 4.46. The third-order valence-corrected chi connectivity index (χ3v) is 6.07. The van der Waals surface area contributed by atoms with Crippen molar-refractivity contribution in [2.75, 3.05) is 64.0 Å². The van der Waals surface area contributed by atoms with Crippen LogP contribution in [0.15, 0.2) is 18.2 Å². The molecule has 0 aromatic heterocycles. The maximum absolute atomic E-state index is 12.8. The van der Waals surface area contributed by atoms with E-state index >= 15 is 0 Å². The van der Waals surface area contributed by atoms with Crippen molar-refractivity contribution in [3.05, 3.63) is 23.8 Å². The average Bonchev–Trinajstić information content (AvgIpc) is 2.61. The lowest BCUT2D eigenvalue weighted by Gasteiger charge is -2.38. The van der Waals surface area contributed by atoms with E-state index in [0.29, 0.717) is 6.54 Å². The van der Waals surface area contributed by atoms with Crippen LogP contribution in [0.5, 0.6) is 0 Å². The van der Waals surface area contributed by atoms with E-state index in [1.807, 2.05) is 17.0 Å². The van der Waals surface area contributed by atoms with Gasteiger partial charge >= 0.3 is 0 Å². The van der Waals surface area contributed by atoms with E-state index in [1.54, 1.807) is 0 Å². The molecule has 0 saturated carbocycles. The van der Waals surface area contributed by atoms with Gasteiger partial charge in [-0.25, -0.2) is 0 Å². The lowest BCUT2D eigenvalue weighted by molar-refractivity contribution is -0.914. The van der Waals surface area contributed by atoms with Gasteiger partial charge in [0.05, 0.1) is 33.2 Å². The van der Waals surface area contributed by atoms with Crippen LogP contribution in [0.2, 0.25) is 0 Å². The number of amides is 1. The van der Waals surface area contributed by atoms with Gasteiger partial charge in [-0.1, -0.05) is 6.07 Å². The first-order chi connectivity index (χ1) is 12.5. The van der Waals surface area contributed by atoms with Crippen molar-refractivity contribution in [3.8, 4) is 0 Å². The van der Waals surface area contributed by atoms with Crippen LogP contribution in [0.4, 0.5) is 11.4 Å². The van der Waals surface area contributed by atoms with Crippen LogP contribution in [-0.4, -0.2) is 68.7 Å². The number of hydrogen-bond acceptors (Lipinski definition) is 3. The maximum Gasteiger partial charge on any atom is 0.241 e. The minimum absolute atomic E-state index is 0.192. The predicted molar refractivity (Wildman–Crippen MR) is 108 cm³/mol. The SMILES string of the molecule is CN(CCC[N+]1(C)CCCCC1)CC(=O)N1CCCc2ccc(N)cc21. The molecule has 0 atom stereocenters. The smallest absolute Gasteiger partial charge is 0.241 e. The third-order valence-electron chi connectivity index (χ3n) is 6.07. The summed E-state index contributed by atoms with van der Waals surface area (Å²) in [6, 6.07) is 5.95. The molecule has 3 rings (SSSR count). The number of benzene rings is 1. The van der Waals surface area contributed by atoms with Crippen molar-refractivity contribution >= 4 is 17.3 Å². The van der Waals surface area contributed by atoms with Crippen molar-refractivity contribution < 1.29 is 9.28 Å². The summed E-state index contributed by atoms with van der Waals surface area (Å²) in [4.78, 5) is 17.0.